The zero-order valence-corrected chi connectivity index (χ0v) is 19.4. The van der Waals surface area contributed by atoms with Gasteiger partial charge in [0, 0.05) is 28.8 Å². The molecule has 1 aromatic heterocycles. The van der Waals surface area contributed by atoms with Crippen molar-refractivity contribution in [2.75, 3.05) is 11.3 Å². The zero-order valence-electron chi connectivity index (χ0n) is 17.8. The number of anilines is 1. The molecular weight excluding hydrogens is 472 g/mol. The van der Waals surface area contributed by atoms with Crippen LogP contribution < -0.4 is 9.46 Å². The monoisotopic (exact) mass is 490 g/mol. The van der Waals surface area contributed by atoms with Crippen molar-refractivity contribution < 1.29 is 13.2 Å². The number of hydrogen-bond donors (Lipinski definition) is 1. The van der Waals surface area contributed by atoms with Gasteiger partial charge in [0.1, 0.15) is 0 Å². The Morgan fingerprint density at radius 2 is 1.71 bits per heavy atom. The van der Waals surface area contributed by atoms with Gasteiger partial charge < -0.3 is 4.74 Å². The summed E-state index contributed by atoms with van der Waals surface area (Å²) < 4.78 is 33.6. The number of nitrogens with zero attached hydrogens (tertiary/aromatic N) is 3. The second-order valence-electron chi connectivity index (χ2n) is 7.30. The number of rotatable bonds is 8. The molecule has 1 heterocycles. The van der Waals surface area contributed by atoms with Crippen LogP contribution in [0.3, 0.4) is 0 Å². The van der Waals surface area contributed by atoms with Gasteiger partial charge in [-0.1, -0.05) is 35.9 Å². The summed E-state index contributed by atoms with van der Waals surface area (Å²) in [7, 11) is -3.80. The molecule has 1 N–H and O–H groups in total. The highest BCUT2D eigenvalue weighted by Crippen LogP contribution is 2.24. The summed E-state index contributed by atoms with van der Waals surface area (Å²) in [6, 6.07) is 25.6. The number of benzene rings is 3. The van der Waals surface area contributed by atoms with Crippen LogP contribution >= 0.6 is 11.6 Å². The molecule has 4 rings (SSSR count). The van der Waals surface area contributed by atoms with Gasteiger partial charge in [-0.05, 0) is 60.2 Å². The van der Waals surface area contributed by atoms with E-state index in [0.29, 0.717) is 46.4 Å². The lowest BCUT2D eigenvalue weighted by Crippen LogP contribution is -2.12. The first-order valence-electron chi connectivity index (χ1n) is 10.3. The molecule has 0 unspecified atom stereocenters. The Labute approximate surface area is 202 Å². The molecule has 0 radical (unpaired) electrons. The summed E-state index contributed by atoms with van der Waals surface area (Å²) in [4.78, 5) is 0.0665. The van der Waals surface area contributed by atoms with Crippen molar-refractivity contribution in [1.82, 2.24) is 10.2 Å². The van der Waals surface area contributed by atoms with E-state index < -0.39 is 10.0 Å². The Bertz CT molecular complexity index is 1420. The van der Waals surface area contributed by atoms with E-state index in [4.69, 9.17) is 21.6 Å². The predicted molar refractivity (Wildman–Crippen MR) is 130 cm³/mol. The van der Waals surface area contributed by atoms with Crippen molar-refractivity contribution in [3.63, 3.8) is 0 Å². The molecule has 0 bridgehead atoms. The van der Waals surface area contributed by atoms with Crippen LogP contribution in [0.25, 0.3) is 11.3 Å². The van der Waals surface area contributed by atoms with Crippen molar-refractivity contribution >= 4 is 27.3 Å². The maximum atomic E-state index is 12.7. The van der Waals surface area contributed by atoms with E-state index in [9.17, 15) is 8.42 Å². The first-order chi connectivity index (χ1) is 16.4. The molecule has 0 aliphatic carbocycles. The molecule has 170 valence electrons. The fourth-order valence-corrected chi connectivity index (χ4v) is 4.32. The van der Waals surface area contributed by atoms with Gasteiger partial charge in [0.25, 0.3) is 10.0 Å². The molecule has 0 atom stereocenters. The Morgan fingerprint density at radius 1 is 0.941 bits per heavy atom. The molecule has 0 spiro atoms. The molecule has 7 nitrogen and oxygen atoms in total. The Hall–Kier alpha value is -3.93. The fourth-order valence-electron chi connectivity index (χ4n) is 3.14. The predicted octanol–water partition coefficient (Wildman–Crippen LogP) is 5.09. The lowest BCUT2D eigenvalue weighted by molar-refractivity contribution is 0.306. The van der Waals surface area contributed by atoms with Crippen LogP contribution in [0, 0.1) is 11.3 Å². The minimum atomic E-state index is -3.80. The van der Waals surface area contributed by atoms with E-state index in [1.807, 2.05) is 36.4 Å². The second-order valence-corrected chi connectivity index (χ2v) is 9.42. The highest BCUT2D eigenvalue weighted by atomic mass is 35.5. The molecule has 3 aromatic carbocycles. The van der Waals surface area contributed by atoms with Gasteiger partial charge in [0.05, 0.1) is 28.8 Å². The average Bonchev–Trinajstić information content (AvgIpc) is 2.86. The van der Waals surface area contributed by atoms with Crippen LogP contribution in [0.2, 0.25) is 5.02 Å². The second kappa shape index (κ2) is 10.3. The summed E-state index contributed by atoms with van der Waals surface area (Å²) in [5, 5.41) is 17.9. The van der Waals surface area contributed by atoms with Crippen molar-refractivity contribution in [3.05, 3.63) is 101 Å². The maximum absolute atomic E-state index is 12.7. The van der Waals surface area contributed by atoms with Crippen LogP contribution in [-0.2, 0) is 16.4 Å². The van der Waals surface area contributed by atoms with Crippen LogP contribution in [0.1, 0.15) is 11.1 Å². The van der Waals surface area contributed by atoms with E-state index in [1.54, 1.807) is 30.3 Å². The Morgan fingerprint density at radius 3 is 2.38 bits per heavy atom. The van der Waals surface area contributed by atoms with Crippen molar-refractivity contribution in [2.24, 2.45) is 0 Å². The van der Waals surface area contributed by atoms with Crippen molar-refractivity contribution in [3.8, 4) is 23.2 Å². The van der Waals surface area contributed by atoms with Gasteiger partial charge in [0.2, 0.25) is 5.88 Å². The smallest absolute Gasteiger partial charge is 0.261 e. The minimum Gasteiger partial charge on any atom is -0.476 e. The summed E-state index contributed by atoms with van der Waals surface area (Å²) in [5.41, 5.74) is 3.14. The third kappa shape index (κ3) is 5.90. The van der Waals surface area contributed by atoms with Crippen LogP contribution in [-0.4, -0.2) is 25.2 Å². The topological polar surface area (TPSA) is 105 Å². The van der Waals surface area contributed by atoms with E-state index >= 15 is 0 Å². The number of sulfonamides is 1. The fraction of sp³-hybridized carbons (Fsp3) is 0.0800. The van der Waals surface area contributed by atoms with Gasteiger partial charge in [-0.15, -0.1) is 10.2 Å². The standard InChI is InChI=1S/C25H19ClN4O3S/c26-21-8-4-18(5-9-21)14-15-33-25-13-12-24(28-29-25)20-2-1-3-22(16-20)30-34(31,32)23-10-6-19(17-27)7-11-23/h1-13,16,30H,14-15H2. The van der Waals surface area contributed by atoms with Crippen molar-refractivity contribution in [1.29, 1.82) is 5.26 Å². The van der Waals surface area contributed by atoms with Gasteiger partial charge >= 0.3 is 0 Å². The normalized spacial score (nSPS) is 10.9. The van der Waals surface area contributed by atoms with E-state index in [1.165, 1.54) is 24.3 Å². The van der Waals surface area contributed by atoms with Crippen LogP contribution in [0.4, 0.5) is 5.69 Å². The van der Waals surface area contributed by atoms with Crippen molar-refractivity contribution in [2.45, 2.75) is 11.3 Å². The first kappa shape index (κ1) is 23.2. The SMILES string of the molecule is N#Cc1ccc(S(=O)(=O)Nc2cccc(-c3ccc(OCCc4ccc(Cl)cc4)nn3)c2)cc1. The lowest BCUT2D eigenvalue weighted by atomic mass is 10.1. The molecule has 0 aliphatic heterocycles. The third-order valence-electron chi connectivity index (χ3n) is 4.90. The highest BCUT2D eigenvalue weighted by molar-refractivity contribution is 7.92. The average molecular weight is 491 g/mol. The van der Waals surface area contributed by atoms with E-state index in [2.05, 4.69) is 14.9 Å². The number of halogens is 1. The summed E-state index contributed by atoms with van der Waals surface area (Å²) in [6.07, 6.45) is 0.710. The molecule has 0 saturated heterocycles. The van der Waals surface area contributed by atoms with Gasteiger partial charge in [-0.2, -0.15) is 5.26 Å². The van der Waals surface area contributed by atoms with Gasteiger partial charge in [-0.25, -0.2) is 8.42 Å². The van der Waals surface area contributed by atoms with E-state index in [-0.39, 0.29) is 4.90 Å². The molecule has 34 heavy (non-hydrogen) atoms. The first-order valence-corrected chi connectivity index (χ1v) is 12.1. The Kier molecular flexibility index (Phi) is 7.07. The largest absolute Gasteiger partial charge is 0.476 e. The molecular formula is C25H19ClN4O3S. The molecule has 4 aromatic rings. The number of hydrogen-bond acceptors (Lipinski definition) is 6. The molecule has 0 amide bonds. The molecule has 0 fully saturated rings. The molecule has 0 aliphatic rings. The Balaban J connectivity index is 1.40. The molecule has 0 saturated carbocycles. The minimum absolute atomic E-state index is 0.0665. The van der Waals surface area contributed by atoms with Crippen LogP contribution in [0.5, 0.6) is 5.88 Å². The van der Waals surface area contributed by atoms with E-state index in [0.717, 1.165) is 5.56 Å². The number of aromatic nitrogens is 2. The quantitative estimate of drug-likeness (QED) is 0.369. The summed E-state index contributed by atoms with van der Waals surface area (Å²) in [6.45, 7) is 0.447. The summed E-state index contributed by atoms with van der Waals surface area (Å²) >= 11 is 5.89. The zero-order chi connectivity index (χ0) is 24.0. The summed E-state index contributed by atoms with van der Waals surface area (Å²) in [5.74, 6) is 0.399. The van der Waals surface area contributed by atoms with Gasteiger partial charge in [-0.3, -0.25) is 4.72 Å². The number of ether oxygens (including phenoxy) is 1. The third-order valence-corrected chi connectivity index (χ3v) is 6.55. The maximum Gasteiger partial charge on any atom is 0.261 e. The van der Waals surface area contributed by atoms with Crippen LogP contribution in [0.15, 0.2) is 89.8 Å². The number of nitrogens with one attached hydrogen (secondary N) is 1. The highest BCUT2D eigenvalue weighted by Gasteiger charge is 2.14. The lowest BCUT2D eigenvalue weighted by Gasteiger charge is -2.10. The molecule has 9 heteroatoms. The van der Waals surface area contributed by atoms with Gasteiger partial charge in [0.15, 0.2) is 0 Å². The number of nitriles is 1.